The fourth-order valence-corrected chi connectivity index (χ4v) is 4.07. The molecular weight excluding hydrogens is 316 g/mol. The van der Waals surface area contributed by atoms with Crippen LogP contribution < -0.4 is 5.01 Å². The maximum atomic E-state index is 13.2. The van der Waals surface area contributed by atoms with E-state index in [2.05, 4.69) is 17.5 Å². The summed E-state index contributed by atoms with van der Waals surface area (Å²) in [6.07, 6.45) is 0. The van der Waals surface area contributed by atoms with Crippen molar-refractivity contribution < 1.29 is 4.79 Å². The molecule has 0 saturated carbocycles. The van der Waals surface area contributed by atoms with Gasteiger partial charge >= 0.3 is 0 Å². The molecule has 120 valence electrons. The van der Waals surface area contributed by atoms with Gasteiger partial charge in [-0.2, -0.15) is 0 Å². The molecule has 0 fully saturated rings. The molecule has 4 rings (SSSR count). The third-order valence-electron chi connectivity index (χ3n) is 4.37. The summed E-state index contributed by atoms with van der Waals surface area (Å²) in [5, 5.41) is 5.90. The van der Waals surface area contributed by atoms with Gasteiger partial charge in [0, 0.05) is 11.9 Å². The van der Waals surface area contributed by atoms with Gasteiger partial charge in [0.2, 0.25) is 0 Å². The van der Waals surface area contributed by atoms with E-state index in [-0.39, 0.29) is 11.8 Å². The molecule has 0 aliphatic carbocycles. The number of amides is 1. The Morgan fingerprint density at radius 2 is 1.75 bits per heavy atom. The largest absolute Gasteiger partial charge is 0.272 e. The SMILES string of the molecule is CN(Cc1cccs1)N1C(=O)[C@@H](c2ccccc2)c2ccccc21. The molecule has 0 N–H and O–H groups in total. The van der Waals surface area contributed by atoms with E-state index in [4.69, 9.17) is 0 Å². The smallest absolute Gasteiger partial charge is 0.253 e. The number of carbonyl (C=O) groups is 1. The zero-order chi connectivity index (χ0) is 16.5. The van der Waals surface area contributed by atoms with Crippen molar-refractivity contribution in [3.63, 3.8) is 0 Å². The van der Waals surface area contributed by atoms with Crippen LogP contribution in [0.3, 0.4) is 0 Å². The van der Waals surface area contributed by atoms with Gasteiger partial charge in [-0.25, -0.2) is 10.0 Å². The molecule has 0 radical (unpaired) electrons. The maximum Gasteiger partial charge on any atom is 0.253 e. The van der Waals surface area contributed by atoms with Crippen molar-refractivity contribution in [1.82, 2.24) is 5.01 Å². The highest BCUT2D eigenvalue weighted by Crippen LogP contribution is 2.41. The lowest BCUT2D eigenvalue weighted by atomic mass is 9.93. The Labute approximate surface area is 145 Å². The van der Waals surface area contributed by atoms with Gasteiger partial charge in [0.1, 0.15) is 0 Å². The fourth-order valence-electron chi connectivity index (χ4n) is 3.32. The van der Waals surface area contributed by atoms with Gasteiger partial charge in [-0.3, -0.25) is 4.79 Å². The second-order valence-corrected chi connectivity index (χ2v) is 6.98. The molecule has 1 aromatic heterocycles. The summed E-state index contributed by atoms with van der Waals surface area (Å²) in [6.45, 7) is 0.721. The predicted octanol–water partition coefficient (Wildman–Crippen LogP) is 4.27. The highest BCUT2D eigenvalue weighted by Gasteiger charge is 2.40. The number of fused-ring (bicyclic) bond motifs is 1. The number of nitrogens with zero attached hydrogens (tertiary/aromatic N) is 2. The summed E-state index contributed by atoms with van der Waals surface area (Å²) in [5.41, 5.74) is 3.10. The van der Waals surface area contributed by atoms with Crippen LogP contribution in [0.5, 0.6) is 0 Å². The van der Waals surface area contributed by atoms with Crippen molar-refractivity contribution >= 4 is 22.9 Å². The Hall–Kier alpha value is -2.43. The number of thiophene rings is 1. The molecule has 4 heteroatoms. The highest BCUT2D eigenvalue weighted by molar-refractivity contribution is 7.09. The van der Waals surface area contributed by atoms with Crippen molar-refractivity contribution in [2.45, 2.75) is 12.5 Å². The molecule has 1 aliphatic rings. The number of hydrazine groups is 1. The number of benzene rings is 2. The molecule has 2 aromatic carbocycles. The Morgan fingerprint density at radius 1 is 1.00 bits per heavy atom. The first kappa shape index (κ1) is 15.1. The van der Waals surface area contributed by atoms with E-state index >= 15 is 0 Å². The molecule has 1 aliphatic heterocycles. The third-order valence-corrected chi connectivity index (χ3v) is 5.23. The second-order valence-electron chi connectivity index (χ2n) is 5.95. The standard InChI is InChI=1S/C20H18N2OS/c1-21(14-16-10-7-13-24-16)22-18-12-6-5-11-17(18)19(20(22)23)15-8-3-2-4-9-15/h2-13,19H,14H2,1H3/t19-/m0/s1. The van der Waals surface area contributed by atoms with Crippen LogP contribution in [-0.2, 0) is 11.3 Å². The third kappa shape index (κ3) is 2.54. The van der Waals surface area contributed by atoms with Crippen molar-refractivity contribution in [3.05, 3.63) is 88.1 Å². The molecule has 0 saturated heterocycles. The summed E-state index contributed by atoms with van der Waals surface area (Å²) in [5.74, 6) is -0.116. The molecule has 0 unspecified atom stereocenters. The highest BCUT2D eigenvalue weighted by atomic mass is 32.1. The van der Waals surface area contributed by atoms with Crippen LogP contribution in [0, 0.1) is 0 Å². The van der Waals surface area contributed by atoms with Crippen molar-refractivity contribution in [2.75, 3.05) is 12.1 Å². The summed E-state index contributed by atoms with van der Waals surface area (Å²) < 4.78 is 0. The second kappa shape index (κ2) is 6.23. The predicted molar refractivity (Wildman–Crippen MR) is 98.0 cm³/mol. The number of hydrogen-bond acceptors (Lipinski definition) is 3. The van der Waals surface area contributed by atoms with E-state index in [1.807, 2.05) is 71.7 Å². The monoisotopic (exact) mass is 334 g/mol. The Bertz CT molecular complexity index is 845. The van der Waals surface area contributed by atoms with E-state index < -0.39 is 0 Å². The van der Waals surface area contributed by atoms with Crippen LogP contribution in [0.15, 0.2) is 72.1 Å². The minimum atomic E-state index is -0.229. The van der Waals surface area contributed by atoms with Crippen LogP contribution in [0.2, 0.25) is 0 Å². The van der Waals surface area contributed by atoms with Crippen molar-refractivity contribution in [2.24, 2.45) is 0 Å². The molecule has 24 heavy (non-hydrogen) atoms. The number of para-hydroxylation sites is 1. The topological polar surface area (TPSA) is 23.6 Å². The van der Waals surface area contributed by atoms with E-state index in [9.17, 15) is 4.79 Å². The molecule has 0 spiro atoms. The first-order valence-corrected chi connectivity index (χ1v) is 8.85. The summed E-state index contributed by atoms with van der Waals surface area (Å²) in [4.78, 5) is 14.5. The van der Waals surface area contributed by atoms with E-state index in [1.54, 1.807) is 11.3 Å². The fraction of sp³-hybridized carbons (Fsp3) is 0.150. The van der Waals surface area contributed by atoms with Gasteiger partial charge in [-0.15, -0.1) is 11.3 Å². The minimum absolute atomic E-state index is 0.112. The van der Waals surface area contributed by atoms with Gasteiger partial charge in [0.05, 0.1) is 18.2 Å². The van der Waals surface area contributed by atoms with Crippen LogP contribution in [0.1, 0.15) is 21.9 Å². The van der Waals surface area contributed by atoms with E-state index in [0.29, 0.717) is 0 Å². The first-order valence-electron chi connectivity index (χ1n) is 7.97. The average Bonchev–Trinajstić information content (AvgIpc) is 3.20. The van der Waals surface area contributed by atoms with Crippen molar-refractivity contribution in [3.8, 4) is 0 Å². The number of hydrogen-bond donors (Lipinski definition) is 0. The first-order chi connectivity index (χ1) is 11.8. The van der Waals surface area contributed by atoms with Crippen LogP contribution >= 0.6 is 11.3 Å². The van der Waals surface area contributed by atoms with Gasteiger partial charge in [0.25, 0.3) is 5.91 Å². The molecule has 3 aromatic rings. The number of carbonyl (C=O) groups excluding carboxylic acids is 1. The maximum absolute atomic E-state index is 13.2. The summed E-state index contributed by atoms with van der Waals surface area (Å²) in [6, 6.07) is 22.2. The Morgan fingerprint density at radius 3 is 2.50 bits per heavy atom. The summed E-state index contributed by atoms with van der Waals surface area (Å²) in [7, 11) is 1.97. The number of rotatable bonds is 4. The van der Waals surface area contributed by atoms with Crippen LogP contribution in [-0.4, -0.2) is 18.0 Å². The van der Waals surface area contributed by atoms with Crippen molar-refractivity contribution in [1.29, 1.82) is 0 Å². The Kier molecular flexibility index (Phi) is 3.92. The van der Waals surface area contributed by atoms with Crippen LogP contribution in [0.4, 0.5) is 5.69 Å². The lowest BCUT2D eigenvalue weighted by Crippen LogP contribution is -2.42. The molecule has 1 amide bonds. The van der Waals surface area contributed by atoms with Gasteiger partial charge in [-0.05, 0) is 28.6 Å². The molecule has 2 heterocycles. The van der Waals surface area contributed by atoms with Crippen LogP contribution in [0.25, 0.3) is 0 Å². The quantitative estimate of drug-likeness (QED) is 0.711. The molecular formula is C20H18N2OS. The summed E-state index contributed by atoms with van der Waals surface area (Å²) >= 11 is 1.71. The zero-order valence-corrected chi connectivity index (χ0v) is 14.2. The average molecular weight is 334 g/mol. The minimum Gasteiger partial charge on any atom is -0.272 e. The molecule has 3 nitrogen and oxygen atoms in total. The number of anilines is 1. The van der Waals surface area contributed by atoms with Gasteiger partial charge in [-0.1, -0.05) is 54.6 Å². The van der Waals surface area contributed by atoms with E-state index in [0.717, 1.165) is 23.4 Å². The van der Waals surface area contributed by atoms with Gasteiger partial charge in [0.15, 0.2) is 0 Å². The lowest BCUT2D eigenvalue weighted by Gasteiger charge is -2.28. The molecule has 1 atom stereocenters. The van der Waals surface area contributed by atoms with Gasteiger partial charge < -0.3 is 0 Å². The molecule has 0 bridgehead atoms. The normalized spacial score (nSPS) is 16.7. The van der Waals surface area contributed by atoms with E-state index in [1.165, 1.54) is 4.88 Å². The Balaban J connectivity index is 1.72. The zero-order valence-electron chi connectivity index (χ0n) is 13.4. The lowest BCUT2D eigenvalue weighted by molar-refractivity contribution is -0.121.